The molecule has 2 unspecified atom stereocenters. The molecule has 2 atom stereocenters. The number of nitrogens with two attached hydrogens (primary N) is 1. The molecule has 0 aliphatic rings. The van der Waals surface area contributed by atoms with Crippen molar-refractivity contribution in [1.82, 2.24) is 4.90 Å². The monoisotopic (exact) mass is 237 g/mol. The predicted molar refractivity (Wildman–Crippen MR) is 55.6 cm³/mol. The summed E-state index contributed by atoms with van der Waals surface area (Å²) in [4.78, 5) is 1.57. The molecule has 0 bridgehead atoms. The first-order valence-electron chi connectivity index (χ1n) is 5.04. The molecular formula is C10H18F3N3. The van der Waals surface area contributed by atoms with Gasteiger partial charge in [-0.15, -0.1) is 0 Å². The van der Waals surface area contributed by atoms with Crippen LogP contribution in [0.25, 0.3) is 0 Å². The van der Waals surface area contributed by atoms with Crippen LogP contribution in [0.15, 0.2) is 0 Å². The van der Waals surface area contributed by atoms with Crippen LogP contribution in [0, 0.1) is 11.3 Å². The summed E-state index contributed by atoms with van der Waals surface area (Å²) in [5.41, 5.74) is 4.63. The molecule has 0 aromatic carbocycles. The average molecular weight is 237 g/mol. The second-order valence-electron chi connectivity index (χ2n) is 4.43. The summed E-state index contributed by atoms with van der Waals surface area (Å²) in [7, 11) is 1.60. The summed E-state index contributed by atoms with van der Waals surface area (Å²) >= 11 is 0. The van der Waals surface area contributed by atoms with Crippen LogP contribution >= 0.6 is 0 Å². The number of halogens is 3. The van der Waals surface area contributed by atoms with Gasteiger partial charge in [-0.25, -0.2) is 0 Å². The lowest BCUT2D eigenvalue weighted by Crippen LogP contribution is -2.43. The van der Waals surface area contributed by atoms with E-state index in [1.807, 2.05) is 6.07 Å². The Balaban J connectivity index is 4.11. The molecular weight excluding hydrogens is 219 g/mol. The first kappa shape index (κ1) is 15.2. The van der Waals surface area contributed by atoms with E-state index in [4.69, 9.17) is 11.0 Å². The molecule has 0 rings (SSSR count). The number of nitrogens with zero attached hydrogens (tertiary/aromatic N) is 2. The molecule has 0 aliphatic heterocycles. The molecule has 6 heteroatoms. The fourth-order valence-corrected chi connectivity index (χ4v) is 1.34. The van der Waals surface area contributed by atoms with E-state index in [0.717, 1.165) is 0 Å². The van der Waals surface area contributed by atoms with Gasteiger partial charge in [0, 0.05) is 12.6 Å². The smallest absolute Gasteiger partial charge is 0.314 e. The van der Waals surface area contributed by atoms with E-state index in [-0.39, 0.29) is 12.6 Å². The molecule has 94 valence electrons. The highest BCUT2D eigenvalue weighted by atomic mass is 19.4. The van der Waals surface area contributed by atoms with Crippen molar-refractivity contribution in [2.75, 3.05) is 13.6 Å². The standard InChI is InChI=1S/C10H18F3N3/c1-8(6-9(2,15)7-14)16(3)5-4-10(11,12)13/h8H,4-6,15H2,1-3H3. The summed E-state index contributed by atoms with van der Waals surface area (Å²) in [6.07, 6.45) is -4.64. The Morgan fingerprint density at radius 1 is 1.44 bits per heavy atom. The Morgan fingerprint density at radius 3 is 2.31 bits per heavy atom. The van der Waals surface area contributed by atoms with Gasteiger partial charge < -0.3 is 10.6 Å². The summed E-state index contributed by atoms with van der Waals surface area (Å²) < 4.78 is 35.9. The van der Waals surface area contributed by atoms with Gasteiger partial charge in [0.25, 0.3) is 0 Å². The lowest BCUT2D eigenvalue weighted by Gasteiger charge is -2.29. The predicted octanol–water partition coefficient (Wildman–Crippen LogP) is 1.89. The van der Waals surface area contributed by atoms with E-state index in [2.05, 4.69) is 0 Å². The third kappa shape index (κ3) is 6.64. The molecule has 2 N–H and O–H groups in total. The topological polar surface area (TPSA) is 53.1 Å². The molecule has 0 aliphatic carbocycles. The maximum absolute atomic E-state index is 12.0. The Morgan fingerprint density at radius 2 is 1.94 bits per heavy atom. The van der Waals surface area contributed by atoms with Gasteiger partial charge in [-0.05, 0) is 27.3 Å². The van der Waals surface area contributed by atoms with E-state index in [1.54, 1.807) is 25.8 Å². The van der Waals surface area contributed by atoms with E-state index >= 15 is 0 Å². The zero-order valence-corrected chi connectivity index (χ0v) is 9.80. The molecule has 0 amide bonds. The van der Waals surface area contributed by atoms with E-state index in [1.165, 1.54) is 0 Å². The fourth-order valence-electron chi connectivity index (χ4n) is 1.34. The highest BCUT2D eigenvalue weighted by molar-refractivity contribution is 5.02. The van der Waals surface area contributed by atoms with Gasteiger partial charge in [0.05, 0.1) is 12.5 Å². The molecule has 3 nitrogen and oxygen atoms in total. The minimum Gasteiger partial charge on any atom is -0.314 e. The molecule has 0 spiro atoms. The van der Waals surface area contributed by atoms with Crippen molar-refractivity contribution in [2.24, 2.45) is 5.73 Å². The quantitative estimate of drug-likeness (QED) is 0.794. The number of hydrogen-bond donors (Lipinski definition) is 1. The molecule has 0 aromatic rings. The van der Waals surface area contributed by atoms with Crippen molar-refractivity contribution in [3.05, 3.63) is 0 Å². The largest absolute Gasteiger partial charge is 0.390 e. The third-order valence-corrected chi connectivity index (χ3v) is 2.48. The molecule has 0 saturated heterocycles. The van der Waals surface area contributed by atoms with Crippen molar-refractivity contribution in [2.45, 2.75) is 44.4 Å². The van der Waals surface area contributed by atoms with Gasteiger partial charge in [0.1, 0.15) is 5.54 Å². The van der Waals surface area contributed by atoms with Gasteiger partial charge in [0.15, 0.2) is 0 Å². The van der Waals surface area contributed by atoms with E-state index in [9.17, 15) is 13.2 Å². The van der Waals surface area contributed by atoms with E-state index in [0.29, 0.717) is 6.42 Å². The third-order valence-electron chi connectivity index (χ3n) is 2.48. The molecule has 0 saturated carbocycles. The summed E-state index contributed by atoms with van der Waals surface area (Å²) in [5, 5.41) is 8.71. The number of alkyl halides is 3. The minimum absolute atomic E-state index is 0.0772. The second kappa shape index (κ2) is 5.51. The van der Waals surface area contributed by atoms with Crippen LogP contribution in [0.3, 0.4) is 0 Å². The van der Waals surface area contributed by atoms with E-state index < -0.39 is 18.1 Å². The maximum Gasteiger partial charge on any atom is 0.390 e. The molecule has 0 aromatic heterocycles. The van der Waals surface area contributed by atoms with Crippen LogP contribution in [-0.4, -0.2) is 36.2 Å². The number of rotatable bonds is 5. The molecule has 0 heterocycles. The van der Waals surface area contributed by atoms with Crippen molar-refractivity contribution in [3.8, 4) is 6.07 Å². The molecule has 16 heavy (non-hydrogen) atoms. The summed E-state index contributed by atoms with van der Waals surface area (Å²) in [5.74, 6) is 0. The Labute approximate surface area is 94.0 Å². The van der Waals surface area contributed by atoms with Crippen LogP contribution < -0.4 is 5.73 Å². The van der Waals surface area contributed by atoms with Gasteiger partial charge in [-0.1, -0.05) is 0 Å². The zero-order valence-electron chi connectivity index (χ0n) is 9.80. The Hall–Kier alpha value is -0.800. The van der Waals surface area contributed by atoms with Crippen LogP contribution in [-0.2, 0) is 0 Å². The van der Waals surface area contributed by atoms with Gasteiger partial charge in [0.2, 0.25) is 0 Å². The highest BCUT2D eigenvalue weighted by Gasteiger charge is 2.29. The van der Waals surface area contributed by atoms with Crippen LogP contribution in [0.5, 0.6) is 0 Å². The normalized spacial score (nSPS) is 17.9. The van der Waals surface area contributed by atoms with Crippen molar-refractivity contribution in [3.63, 3.8) is 0 Å². The first-order chi connectivity index (χ1) is 7.07. The number of nitriles is 1. The van der Waals surface area contributed by atoms with Crippen LogP contribution in [0.2, 0.25) is 0 Å². The van der Waals surface area contributed by atoms with Gasteiger partial charge >= 0.3 is 6.18 Å². The summed E-state index contributed by atoms with van der Waals surface area (Å²) in [6.45, 7) is 3.26. The second-order valence-corrected chi connectivity index (χ2v) is 4.43. The average Bonchev–Trinajstić information content (AvgIpc) is 2.12. The van der Waals surface area contributed by atoms with Crippen molar-refractivity contribution in [1.29, 1.82) is 5.26 Å². The maximum atomic E-state index is 12.0. The van der Waals surface area contributed by atoms with Crippen LogP contribution in [0.1, 0.15) is 26.7 Å². The number of hydrogen-bond acceptors (Lipinski definition) is 3. The Bertz CT molecular complexity index is 255. The SMILES string of the molecule is CC(CC(C)(N)C#N)N(C)CCC(F)(F)F. The first-order valence-corrected chi connectivity index (χ1v) is 5.04. The lowest BCUT2D eigenvalue weighted by molar-refractivity contribution is -0.138. The van der Waals surface area contributed by atoms with Crippen LogP contribution in [0.4, 0.5) is 13.2 Å². The lowest BCUT2D eigenvalue weighted by atomic mass is 9.96. The van der Waals surface area contributed by atoms with Gasteiger partial charge in [-0.2, -0.15) is 18.4 Å². The molecule has 0 fully saturated rings. The van der Waals surface area contributed by atoms with Crippen molar-refractivity contribution >= 4 is 0 Å². The van der Waals surface area contributed by atoms with Gasteiger partial charge in [-0.3, -0.25) is 0 Å². The minimum atomic E-state index is -4.14. The van der Waals surface area contributed by atoms with Crippen molar-refractivity contribution < 1.29 is 13.2 Å². The Kier molecular flexibility index (Phi) is 5.23. The summed E-state index contributed by atoms with van der Waals surface area (Å²) in [6, 6.07) is 1.77. The zero-order chi connectivity index (χ0) is 13.0. The fraction of sp³-hybridized carbons (Fsp3) is 0.900. The highest BCUT2D eigenvalue weighted by Crippen LogP contribution is 2.21. The molecule has 0 radical (unpaired) electrons.